The van der Waals surface area contributed by atoms with Crippen LogP contribution in [0.25, 0.3) is 10.8 Å². The Morgan fingerprint density at radius 3 is 2.13 bits per heavy atom. The van der Waals surface area contributed by atoms with Crippen LogP contribution in [-0.4, -0.2) is 17.9 Å². The molecule has 0 bridgehead atoms. The summed E-state index contributed by atoms with van der Waals surface area (Å²) in [6.45, 7) is 0. The van der Waals surface area contributed by atoms with Crippen LogP contribution in [-0.2, 0) is 12.8 Å². The number of nitrogens with two attached hydrogens (primary N) is 1. The van der Waals surface area contributed by atoms with Gasteiger partial charge < -0.3 is 10.6 Å². The van der Waals surface area contributed by atoms with Gasteiger partial charge in [-0.05, 0) is 51.9 Å². The maximum absolute atomic E-state index is 6.59. The molecule has 0 heterocycles. The molecule has 0 spiro atoms. The summed E-state index contributed by atoms with van der Waals surface area (Å²) in [4.78, 5) is 6.98. The fourth-order valence-electron chi connectivity index (χ4n) is 4.59. The molecule has 0 unspecified atom stereocenters. The third-order valence-electron chi connectivity index (χ3n) is 6.07. The minimum absolute atomic E-state index is 0.000690. The standard InChI is InChI=1S/C27H25N3/c1-30(26(21-9-4-2-5-10-21)22-11-6-3-7-12-22)27(28)29-24-18-16-20-14-8-13-19-15-17-23(24)25(19)20/h2-14,16,18,26H,15,17H2,1H3,(H2,28,29). The van der Waals surface area contributed by atoms with Gasteiger partial charge in [0.1, 0.15) is 0 Å². The van der Waals surface area contributed by atoms with Crippen LogP contribution in [0.5, 0.6) is 0 Å². The molecule has 2 N–H and O–H groups in total. The van der Waals surface area contributed by atoms with Crippen molar-refractivity contribution in [3.63, 3.8) is 0 Å². The van der Waals surface area contributed by atoms with Crippen LogP contribution in [0.4, 0.5) is 5.69 Å². The number of nitrogens with zero attached hydrogens (tertiary/aromatic N) is 2. The first-order valence-electron chi connectivity index (χ1n) is 10.4. The molecule has 0 atom stereocenters. The molecule has 0 aliphatic heterocycles. The van der Waals surface area contributed by atoms with Gasteiger partial charge in [0, 0.05) is 7.05 Å². The zero-order valence-corrected chi connectivity index (χ0v) is 17.1. The molecule has 1 aliphatic carbocycles. The number of benzene rings is 4. The Morgan fingerprint density at radius 1 is 0.800 bits per heavy atom. The molecule has 148 valence electrons. The second-order valence-corrected chi connectivity index (χ2v) is 7.88. The van der Waals surface area contributed by atoms with Gasteiger partial charge in [-0.25, -0.2) is 4.99 Å². The van der Waals surface area contributed by atoms with Gasteiger partial charge in [0.2, 0.25) is 0 Å². The number of hydrogen-bond donors (Lipinski definition) is 1. The summed E-state index contributed by atoms with van der Waals surface area (Å²) in [5.74, 6) is 0.521. The van der Waals surface area contributed by atoms with E-state index in [4.69, 9.17) is 10.7 Å². The predicted molar refractivity (Wildman–Crippen MR) is 125 cm³/mol. The molecule has 4 aromatic rings. The molecule has 3 nitrogen and oxygen atoms in total. The lowest BCUT2D eigenvalue weighted by Gasteiger charge is -2.30. The highest BCUT2D eigenvalue weighted by Gasteiger charge is 2.22. The smallest absolute Gasteiger partial charge is 0.197 e. The lowest BCUT2D eigenvalue weighted by Crippen LogP contribution is -2.37. The van der Waals surface area contributed by atoms with Crippen molar-refractivity contribution in [3.05, 3.63) is 113 Å². The van der Waals surface area contributed by atoms with Crippen molar-refractivity contribution in [3.8, 4) is 0 Å². The molecule has 0 aromatic heterocycles. The molecule has 1 aliphatic rings. The predicted octanol–water partition coefficient (Wildman–Crippen LogP) is 5.61. The average molecular weight is 392 g/mol. The summed E-state index contributed by atoms with van der Waals surface area (Å²) < 4.78 is 0. The van der Waals surface area contributed by atoms with Gasteiger partial charge in [-0.3, -0.25) is 0 Å². The maximum atomic E-state index is 6.59. The van der Waals surface area contributed by atoms with Crippen molar-refractivity contribution in [2.75, 3.05) is 7.05 Å². The summed E-state index contributed by atoms with van der Waals surface area (Å²) in [5.41, 5.74) is 12.7. The fraction of sp³-hybridized carbons (Fsp3) is 0.148. The largest absolute Gasteiger partial charge is 0.369 e. The van der Waals surface area contributed by atoms with Gasteiger partial charge in [0.15, 0.2) is 5.96 Å². The highest BCUT2D eigenvalue weighted by Crippen LogP contribution is 2.37. The lowest BCUT2D eigenvalue weighted by atomic mass is 9.97. The van der Waals surface area contributed by atoms with E-state index in [-0.39, 0.29) is 6.04 Å². The second kappa shape index (κ2) is 7.68. The fourth-order valence-corrected chi connectivity index (χ4v) is 4.59. The van der Waals surface area contributed by atoms with E-state index >= 15 is 0 Å². The van der Waals surface area contributed by atoms with Gasteiger partial charge in [-0.2, -0.15) is 0 Å². The molecule has 0 saturated heterocycles. The highest BCUT2D eigenvalue weighted by molar-refractivity contribution is 5.95. The summed E-state index contributed by atoms with van der Waals surface area (Å²) in [6, 6.07) is 31.7. The molecule has 0 amide bonds. The summed E-state index contributed by atoms with van der Waals surface area (Å²) in [5, 5.41) is 2.65. The van der Waals surface area contributed by atoms with Gasteiger partial charge in [0.25, 0.3) is 0 Å². The van der Waals surface area contributed by atoms with E-state index in [2.05, 4.69) is 83.8 Å². The van der Waals surface area contributed by atoms with Crippen molar-refractivity contribution < 1.29 is 0 Å². The first-order valence-corrected chi connectivity index (χ1v) is 10.4. The zero-order chi connectivity index (χ0) is 20.5. The van der Waals surface area contributed by atoms with Gasteiger partial charge in [-0.1, -0.05) is 84.9 Å². The monoisotopic (exact) mass is 391 g/mol. The van der Waals surface area contributed by atoms with E-state index in [1.54, 1.807) is 0 Å². The van der Waals surface area contributed by atoms with Crippen LogP contribution in [0.15, 0.2) is 96.0 Å². The Hall–Kier alpha value is -3.59. The van der Waals surface area contributed by atoms with Gasteiger partial charge in [0.05, 0.1) is 11.7 Å². The van der Waals surface area contributed by atoms with E-state index < -0.39 is 0 Å². The van der Waals surface area contributed by atoms with E-state index in [0.29, 0.717) is 5.96 Å². The van der Waals surface area contributed by atoms with Crippen LogP contribution in [0.2, 0.25) is 0 Å². The van der Waals surface area contributed by atoms with E-state index in [0.717, 1.165) is 18.5 Å². The Labute approximate surface area is 177 Å². The molecule has 0 saturated carbocycles. The Kier molecular flexibility index (Phi) is 4.72. The van der Waals surface area contributed by atoms with Crippen LogP contribution < -0.4 is 5.73 Å². The van der Waals surface area contributed by atoms with Crippen LogP contribution in [0.1, 0.15) is 28.3 Å². The number of rotatable bonds is 4. The Bertz CT molecular complexity index is 1170. The molecule has 0 fully saturated rings. The number of hydrogen-bond acceptors (Lipinski definition) is 1. The van der Waals surface area contributed by atoms with Crippen molar-refractivity contribution in [2.24, 2.45) is 10.7 Å². The Morgan fingerprint density at radius 2 is 1.47 bits per heavy atom. The summed E-state index contributed by atoms with van der Waals surface area (Å²) in [7, 11) is 2.02. The maximum Gasteiger partial charge on any atom is 0.197 e. The quantitative estimate of drug-likeness (QED) is 0.363. The third-order valence-corrected chi connectivity index (χ3v) is 6.07. The minimum atomic E-state index is 0.000690. The molecular weight excluding hydrogens is 366 g/mol. The number of guanidine groups is 1. The molecule has 30 heavy (non-hydrogen) atoms. The second-order valence-electron chi connectivity index (χ2n) is 7.88. The highest BCUT2D eigenvalue weighted by atomic mass is 15.3. The molecular formula is C27H25N3. The van der Waals surface area contributed by atoms with Crippen molar-refractivity contribution >= 4 is 22.4 Å². The van der Waals surface area contributed by atoms with Crippen molar-refractivity contribution in [1.29, 1.82) is 0 Å². The van der Waals surface area contributed by atoms with Gasteiger partial charge >= 0.3 is 0 Å². The van der Waals surface area contributed by atoms with Crippen LogP contribution in [0.3, 0.4) is 0 Å². The van der Waals surface area contributed by atoms with Gasteiger partial charge in [-0.15, -0.1) is 0 Å². The SMILES string of the molecule is CN(C(N)=Nc1ccc2cccc3c2c1CC3)C(c1ccccc1)c1ccccc1. The number of aliphatic imine (C=N–C) groups is 1. The number of aryl methyl sites for hydroxylation is 2. The molecule has 5 rings (SSSR count). The van der Waals surface area contributed by atoms with Crippen molar-refractivity contribution in [2.45, 2.75) is 18.9 Å². The van der Waals surface area contributed by atoms with E-state index in [9.17, 15) is 0 Å². The zero-order valence-electron chi connectivity index (χ0n) is 17.1. The normalized spacial score (nSPS) is 13.2. The van der Waals surface area contributed by atoms with Crippen LogP contribution in [0, 0.1) is 0 Å². The van der Waals surface area contributed by atoms with E-state index in [1.165, 1.54) is 33.0 Å². The summed E-state index contributed by atoms with van der Waals surface area (Å²) >= 11 is 0. The molecule has 3 heteroatoms. The topological polar surface area (TPSA) is 41.6 Å². The average Bonchev–Trinajstić information content (AvgIpc) is 3.23. The lowest BCUT2D eigenvalue weighted by molar-refractivity contribution is 0.423. The molecule has 4 aromatic carbocycles. The minimum Gasteiger partial charge on any atom is -0.369 e. The molecule has 0 radical (unpaired) electrons. The third kappa shape index (κ3) is 3.22. The van der Waals surface area contributed by atoms with Crippen LogP contribution >= 0.6 is 0 Å². The Balaban J connectivity index is 1.56. The first-order chi connectivity index (χ1) is 14.7. The summed E-state index contributed by atoms with van der Waals surface area (Å²) in [6.07, 6.45) is 2.10. The first kappa shape index (κ1) is 18.4. The van der Waals surface area contributed by atoms with Crippen molar-refractivity contribution in [1.82, 2.24) is 4.90 Å². The van der Waals surface area contributed by atoms with E-state index in [1.807, 2.05) is 19.2 Å².